The van der Waals surface area contributed by atoms with Gasteiger partial charge in [0.25, 0.3) is 0 Å². The Morgan fingerprint density at radius 3 is 2.27 bits per heavy atom. The van der Waals surface area contributed by atoms with Crippen molar-refractivity contribution in [3.8, 4) is 11.1 Å². The van der Waals surface area contributed by atoms with E-state index in [4.69, 9.17) is 9.84 Å². The molecule has 2 aromatic carbocycles. The van der Waals surface area contributed by atoms with E-state index in [2.05, 4.69) is 34.9 Å². The minimum Gasteiger partial charge on any atom is -0.479 e. The quantitative estimate of drug-likeness (QED) is 0.488. The van der Waals surface area contributed by atoms with Gasteiger partial charge in [0.15, 0.2) is 6.10 Å². The van der Waals surface area contributed by atoms with Crippen LogP contribution in [0.5, 0.6) is 0 Å². The SMILES string of the molecule is O=C(N[C@@H]1CC[C@H](C(=O)NCC[C@H](O)C(=O)O)C1)OCC1c2ccccc2-c2ccccc21. The van der Waals surface area contributed by atoms with Crippen LogP contribution in [0.25, 0.3) is 11.1 Å². The summed E-state index contributed by atoms with van der Waals surface area (Å²) in [6.45, 7) is 0.329. The van der Waals surface area contributed by atoms with Crippen molar-refractivity contribution in [2.24, 2.45) is 5.92 Å². The number of carboxylic acids is 1. The molecular formula is C25H28N2O6. The number of nitrogens with one attached hydrogen (secondary N) is 2. The molecule has 0 saturated heterocycles. The number of fused-ring (bicyclic) bond motifs is 3. The lowest BCUT2D eigenvalue weighted by Gasteiger charge is -2.17. The number of alkyl carbamates (subject to hydrolysis) is 1. The van der Waals surface area contributed by atoms with Crippen LogP contribution in [-0.2, 0) is 14.3 Å². The summed E-state index contributed by atoms with van der Waals surface area (Å²) in [5.41, 5.74) is 4.64. The molecule has 2 aromatic rings. The second-order valence-corrected chi connectivity index (χ2v) is 8.61. The zero-order chi connectivity index (χ0) is 23.4. The number of aliphatic carboxylic acids is 1. The lowest BCUT2D eigenvalue weighted by atomic mass is 9.98. The molecule has 2 aliphatic carbocycles. The highest BCUT2D eigenvalue weighted by Crippen LogP contribution is 2.44. The van der Waals surface area contributed by atoms with E-state index < -0.39 is 18.2 Å². The maximum Gasteiger partial charge on any atom is 0.407 e. The van der Waals surface area contributed by atoms with E-state index in [1.165, 1.54) is 11.1 Å². The topological polar surface area (TPSA) is 125 Å². The summed E-state index contributed by atoms with van der Waals surface area (Å²) in [6.07, 6.45) is -0.238. The second-order valence-electron chi connectivity index (χ2n) is 8.61. The molecule has 4 rings (SSSR count). The standard InChI is InChI=1S/C25H28N2O6/c28-22(24(30)31)11-12-26-23(29)15-9-10-16(13-15)27-25(32)33-14-21-19-7-3-1-5-17(19)18-6-2-4-8-20(18)21/h1-8,15-16,21-22,28H,9-14H2,(H,26,29)(H,27,32)(H,30,31)/t15-,16+,22-/m0/s1. The number of rotatable bonds is 8. The summed E-state index contributed by atoms with van der Waals surface area (Å²) in [5, 5.41) is 23.5. The highest BCUT2D eigenvalue weighted by molar-refractivity contribution is 5.80. The molecule has 0 unspecified atom stereocenters. The Morgan fingerprint density at radius 1 is 1.00 bits per heavy atom. The van der Waals surface area contributed by atoms with Crippen molar-refractivity contribution in [2.45, 2.75) is 43.7 Å². The van der Waals surface area contributed by atoms with Gasteiger partial charge in [-0.1, -0.05) is 48.5 Å². The molecule has 2 amide bonds. The first-order valence-electron chi connectivity index (χ1n) is 11.2. The molecular weight excluding hydrogens is 424 g/mol. The fourth-order valence-electron chi connectivity index (χ4n) is 4.76. The Hall–Kier alpha value is -3.39. The summed E-state index contributed by atoms with van der Waals surface area (Å²) in [7, 11) is 0. The lowest BCUT2D eigenvalue weighted by molar-refractivity contribution is -0.147. The number of benzene rings is 2. The molecule has 0 aromatic heterocycles. The number of ether oxygens (including phenoxy) is 1. The third-order valence-electron chi connectivity index (χ3n) is 6.47. The number of carbonyl (C=O) groups excluding carboxylic acids is 2. The van der Waals surface area contributed by atoms with Crippen LogP contribution in [0.3, 0.4) is 0 Å². The van der Waals surface area contributed by atoms with E-state index in [0.717, 1.165) is 11.1 Å². The molecule has 8 nitrogen and oxygen atoms in total. The Kier molecular flexibility index (Phi) is 6.93. The van der Waals surface area contributed by atoms with Gasteiger partial charge in [0.2, 0.25) is 5.91 Å². The van der Waals surface area contributed by atoms with Crippen molar-refractivity contribution in [2.75, 3.05) is 13.2 Å². The summed E-state index contributed by atoms with van der Waals surface area (Å²) in [6, 6.07) is 16.1. The van der Waals surface area contributed by atoms with Crippen LogP contribution in [0, 0.1) is 5.92 Å². The summed E-state index contributed by atoms with van der Waals surface area (Å²) in [5.74, 6) is -1.76. The van der Waals surface area contributed by atoms with Gasteiger partial charge in [0.05, 0.1) is 0 Å². The van der Waals surface area contributed by atoms with Crippen LogP contribution < -0.4 is 10.6 Å². The van der Waals surface area contributed by atoms with Crippen molar-refractivity contribution in [3.63, 3.8) is 0 Å². The number of aliphatic hydroxyl groups is 1. The van der Waals surface area contributed by atoms with E-state index >= 15 is 0 Å². The minimum atomic E-state index is -1.49. The maximum atomic E-state index is 12.4. The molecule has 8 heteroatoms. The molecule has 1 fully saturated rings. The third-order valence-corrected chi connectivity index (χ3v) is 6.47. The van der Waals surface area contributed by atoms with E-state index in [-0.39, 0.29) is 43.4 Å². The fourth-order valence-corrected chi connectivity index (χ4v) is 4.76. The van der Waals surface area contributed by atoms with Gasteiger partial charge < -0.3 is 25.6 Å². The normalized spacial score (nSPS) is 19.9. The molecule has 2 aliphatic rings. The van der Waals surface area contributed by atoms with Gasteiger partial charge in [-0.05, 0) is 41.5 Å². The predicted octanol–water partition coefficient (Wildman–Crippen LogP) is 2.65. The van der Waals surface area contributed by atoms with Crippen molar-refractivity contribution < 1.29 is 29.3 Å². The monoisotopic (exact) mass is 452 g/mol. The first-order valence-corrected chi connectivity index (χ1v) is 11.2. The Balaban J connectivity index is 1.24. The summed E-state index contributed by atoms with van der Waals surface area (Å²) in [4.78, 5) is 35.3. The first-order chi connectivity index (χ1) is 15.9. The first kappa shape index (κ1) is 22.8. The molecule has 1 saturated carbocycles. The smallest absolute Gasteiger partial charge is 0.407 e. The number of carbonyl (C=O) groups is 3. The highest BCUT2D eigenvalue weighted by Gasteiger charge is 2.32. The molecule has 4 N–H and O–H groups in total. The van der Waals surface area contributed by atoms with Crippen LogP contribution in [-0.4, -0.2) is 53.5 Å². The Labute approximate surface area is 192 Å². The average molecular weight is 453 g/mol. The molecule has 0 spiro atoms. The number of aliphatic hydroxyl groups excluding tert-OH is 1. The number of carboxylic acid groups (broad SMARTS) is 1. The predicted molar refractivity (Wildman–Crippen MR) is 121 cm³/mol. The van der Waals surface area contributed by atoms with E-state index in [0.29, 0.717) is 19.3 Å². The molecule has 174 valence electrons. The highest BCUT2D eigenvalue weighted by atomic mass is 16.5. The van der Waals surface area contributed by atoms with Gasteiger partial charge >= 0.3 is 12.1 Å². The molecule has 33 heavy (non-hydrogen) atoms. The molecule has 0 aliphatic heterocycles. The lowest BCUT2D eigenvalue weighted by Crippen LogP contribution is -2.36. The minimum absolute atomic E-state index is 0.00796. The van der Waals surface area contributed by atoms with Crippen molar-refractivity contribution >= 4 is 18.0 Å². The maximum absolute atomic E-state index is 12.4. The summed E-state index contributed by atoms with van der Waals surface area (Å²) < 4.78 is 5.58. The van der Waals surface area contributed by atoms with Gasteiger partial charge in [0.1, 0.15) is 6.61 Å². The van der Waals surface area contributed by atoms with Crippen molar-refractivity contribution in [1.82, 2.24) is 10.6 Å². The fraction of sp³-hybridized carbons (Fsp3) is 0.400. The summed E-state index contributed by atoms with van der Waals surface area (Å²) >= 11 is 0. The van der Waals surface area contributed by atoms with E-state index in [1.807, 2.05) is 24.3 Å². The van der Waals surface area contributed by atoms with Gasteiger partial charge in [-0.15, -0.1) is 0 Å². The van der Waals surface area contributed by atoms with Crippen LogP contribution in [0.1, 0.15) is 42.7 Å². The van der Waals surface area contributed by atoms with Crippen molar-refractivity contribution in [3.05, 3.63) is 59.7 Å². The molecule has 0 radical (unpaired) electrons. The molecule has 3 atom stereocenters. The van der Waals surface area contributed by atoms with E-state index in [9.17, 15) is 19.5 Å². The third kappa shape index (κ3) is 5.17. The van der Waals surface area contributed by atoms with Gasteiger partial charge in [-0.3, -0.25) is 4.79 Å². The number of amides is 2. The Bertz CT molecular complexity index is 994. The Morgan fingerprint density at radius 2 is 1.64 bits per heavy atom. The molecule has 0 bridgehead atoms. The van der Waals surface area contributed by atoms with Crippen LogP contribution in [0.15, 0.2) is 48.5 Å². The van der Waals surface area contributed by atoms with Crippen LogP contribution in [0.2, 0.25) is 0 Å². The van der Waals surface area contributed by atoms with Crippen LogP contribution >= 0.6 is 0 Å². The average Bonchev–Trinajstić information content (AvgIpc) is 3.40. The zero-order valence-corrected chi connectivity index (χ0v) is 18.2. The van der Waals surface area contributed by atoms with Gasteiger partial charge in [-0.2, -0.15) is 0 Å². The van der Waals surface area contributed by atoms with Crippen molar-refractivity contribution in [1.29, 1.82) is 0 Å². The zero-order valence-electron chi connectivity index (χ0n) is 18.2. The number of hydrogen-bond donors (Lipinski definition) is 4. The second kappa shape index (κ2) is 10.0. The van der Waals surface area contributed by atoms with Gasteiger partial charge in [-0.25, -0.2) is 9.59 Å². The molecule has 0 heterocycles. The van der Waals surface area contributed by atoms with Crippen LogP contribution in [0.4, 0.5) is 4.79 Å². The number of hydrogen-bond acceptors (Lipinski definition) is 5. The largest absolute Gasteiger partial charge is 0.479 e. The van der Waals surface area contributed by atoms with Gasteiger partial charge in [0, 0.05) is 30.8 Å². The van der Waals surface area contributed by atoms with E-state index in [1.54, 1.807) is 0 Å².